The van der Waals surface area contributed by atoms with Gasteiger partial charge in [-0.2, -0.15) is 0 Å². The zero-order valence-corrected chi connectivity index (χ0v) is 9.47. The number of ether oxygens (including phenoxy) is 1. The van der Waals surface area contributed by atoms with Gasteiger partial charge in [-0.1, -0.05) is 13.8 Å². The number of nitrogens with one attached hydrogen (secondary N) is 1. The number of aromatic nitrogens is 3. The highest BCUT2D eigenvalue weighted by atomic mass is 32.1. The van der Waals surface area contributed by atoms with Gasteiger partial charge in [0.05, 0.1) is 12.6 Å². The summed E-state index contributed by atoms with van der Waals surface area (Å²) >= 11 is 5.09. The fourth-order valence-corrected chi connectivity index (χ4v) is 1.65. The summed E-state index contributed by atoms with van der Waals surface area (Å²) in [6, 6.07) is 0.131. The average molecular weight is 216 g/mol. The fourth-order valence-electron chi connectivity index (χ4n) is 1.37. The largest absolute Gasteiger partial charge is 0.383 e. The molecule has 0 aliphatic rings. The monoisotopic (exact) mass is 216 g/mol. The van der Waals surface area contributed by atoms with E-state index in [-0.39, 0.29) is 6.04 Å². The van der Waals surface area contributed by atoms with Crippen LogP contribution in [0.4, 0.5) is 5.95 Å². The molecule has 0 aliphatic heterocycles. The lowest BCUT2D eigenvalue weighted by Crippen LogP contribution is -2.22. The van der Waals surface area contributed by atoms with Gasteiger partial charge >= 0.3 is 0 Å². The lowest BCUT2D eigenvalue weighted by atomic mass is 10.1. The first kappa shape index (κ1) is 11.2. The van der Waals surface area contributed by atoms with Crippen molar-refractivity contribution in [3.8, 4) is 0 Å². The van der Waals surface area contributed by atoms with Crippen molar-refractivity contribution < 1.29 is 4.74 Å². The minimum absolute atomic E-state index is 0.131. The first-order chi connectivity index (χ1) is 6.57. The Bertz CT molecular complexity index is 343. The Labute approximate surface area is 88.3 Å². The van der Waals surface area contributed by atoms with Crippen molar-refractivity contribution in [1.82, 2.24) is 14.8 Å². The summed E-state index contributed by atoms with van der Waals surface area (Å²) in [5.41, 5.74) is 5.71. The Morgan fingerprint density at radius 3 is 2.64 bits per heavy atom. The molecule has 6 heteroatoms. The Morgan fingerprint density at radius 2 is 2.29 bits per heavy atom. The lowest BCUT2D eigenvalue weighted by Gasteiger charge is -2.21. The van der Waals surface area contributed by atoms with E-state index in [2.05, 4.69) is 24.0 Å². The maximum atomic E-state index is 5.71. The van der Waals surface area contributed by atoms with Gasteiger partial charge in [0.1, 0.15) is 0 Å². The quantitative estimate of drug-likeness (QED) is 0.746. The van der Waals surface area contributed by atoms with Gasteiger partial charge in [0, 0.05) is 7.11 Å². The predicted molar refractivity (Wildman–Crippen MR) is 57.6 cm³/mol. The molecule has 0 fully saturated rings. The van der Waals surface area contributed by atoms with Gasteiger partial charge in [-0.3, -0.25) is 4.57 Å². The molecule has 80 valence electrons. The van der Waals surface area contributed by atoms with E-state index >= 15 is 0 Å². The van der Waals surface area contributed by atoms with E-state index in [0.29, 0.717) is 23.2 Å². The maximum Gasteiger partial charge on any atom is 0.220 e. The second-order valence-corrected chi connectivity index (χ2v) is 3.91. The summed E-state index contributed by atoms with van der Waals surface area (Å²) in [5.74, 6) is 0.798. The van der Waals surface area contributed by atoms with Crippen LogP contribution in [0, 0.1) is 10.7 Å². The summed E-state index contributed by atoms with van der Waals surface area (Å²) in [4.78, 5) is 0. The van der Waals surface area contributed by atoms with E-state index in [0.717, 1.165) is 0 Å². The summed E-state index contributed by atoms with van der Waals surface area (Å²) in [6.07, 6.45) is 0. The van der Waals surface area contributed by atoms with Crippen LogP contribution in [0.5, 0.6) is 0 Å². The number of rotatable bonds is 4. The van der Waals surface area contributed by atoms with Crippen LogP contribution >= 0.6 is 12.2 Å². The number of hydrogen-bond acceptors (Lipinski definition) is 4. The number of methoxy groups -OCH3 is 1. The normalized spacial score (nSPS) is 13.4. The van der Waals surface area contributed by atoms with Gasteiger partial charge in [-0.25, -0.2) is 5.10 Å². The lowest BCUT2D eigenvalue weighted by molar-refractivity contribution is 0.133. The number of nitrogens with two attached hydrogens (primary N) is 1. The third kappa shape index (κ3) is 2.13. The summed E-state index contributed by atoms with van der Waals surface area (Å²) in [5, 5.41) is 6.54. The van der Waals surface area contributed by atoms with Crippen molar-refractivity contribution >= 4 is 18.2 Å². The zero-order chi connectivity index (χ0) is 10.7. The van der Waals surface area contributed by atoms with Gasteiger partial charge in [0.25, 0.3) is 0 Å². The van der Waals surface area contributed by atoms with Crippen LogP contribution in [0.15, 0.2) is 0 Å². The van der Waals surface area contributed by atoms with Crippen LogP contribution in [0.3, 0.4) is 0 Å². The molecule has 1 aromatic rings. The highest BCUT2D eigenvalue weighted by Gasteiger charge is 2.18. The molecule has 0 bridgehead atoms. The predicted octanol–water partition coefficient (Wildman–Crippen LogP) is 1.37. The average Bonchev–Trinajstić information content (AvgIpc) is 2.43. The molecule has 5 nitrogen and oxygen atoms in total. The number of nitrogens with zero attached hydrogens (tertiary/aromatic N) is 2. The number of nitrogen functional groups attached to an aromatic ring is 1. The first-order valence-corrected chi connectivity index (χ1v) is 4.90. The zero-order valence-electron chi connectivity index (χ0n) is 8.65. The van der Waals surface area contributed by atoms with Crippen molar-refractivity contribution in [3.63, 3.8) is 0 Å². The second-order valence-electron chi connectivity index (χ2n) is 3.52. The first-order valence-electron chi connectivity index (χ1n) is 4.49. The third-order valence-corrected chi connectivity index (χ3v) is 2.46. The van der Waals surface area contributed by atoms with Gasteiger partial charge in [0.2, 0.25) is 5.95 Å². The van der Waals surface area contributed by atoms with E-state index in [4.69, 9.17) is 22.7 Å². The van der Waals surface area contributed by atoms with E-state index in [1.807, 2.05) is 0 Å². The van der Waals surface area contributed by atoms with Gasteiger partial charge < -0.3 is 10.5 Å². The molecule has 0 saturated carbocycles. The topological polar surface area (TPSA) is 68.9 Å². The highest BCUT2D eigenvalue weighted by Crippen LogP contribution is 2.20. The van der Waals surface area contributed by atoms with Gasteiger partial charge in [-0.15, -0.1) is 5.10 Å². The fraction of sp³-hybridized carbons (Fsp3) is 0.750. The van der Waals surface area contributed by atoms with Crippen LogP contribution in [-0.2, 0) is 4.74 Å². The van der Waals surface area contributed by atoms with E-state index < -0.39 is 0 Å². The Morgan fingerprint density at radius 1 is 1.64 bits per heavy atom. The molecule has 1 unspecified atom stereocenters. The van der Waals surface area contributed by atoms with Crippen molar-refractivity contribution in [3.05, 3.63) is 4.77 Å². The molecule has 1 rings (SSSR count). The maximum absolute atomic E-state index is 5.71. The molecule has 0 aromatic carbocycles. The van der Waals surface area contributed by atoms with Crippen LogP contribution in [-0.4, -0.2) is 28.5 Å². The molecule has 0 aliphatic carbocycles. The molecule has 1 atom stereocenters. The number of H-pyrrole nitrogens is 1. The van der Waals surface area contributed by atoms with Crippen LogP contribution < -0.4 is 5.73 Å². The van der Waals surface area contributed by atoms with E-state index in [9.17, 15) is 0 Å². The Kier molecular flexibility index (Phi) is 3.65. The molecule has 0 spiro atoms. The smallest absolute Gasteiger partial charge is 0.220 e. The molecule has 14 heavy (non-hydrogen) atoms. The molecule has 0 saturated heterocycles. The van der Waals surface area contributed by atoms with Gasteiger partial charge in [0.15, 0.2) is 4.77 Å². The minimum atomic E-state index is 0.131. The SMILES string of the molecule is COCC(C(C)C)n1c(N)n[nH]c1=S. The molecule has 0 radical (unpaired) electrons. The van der Waals surface area contributed by atoms with E-state index in [1.54, 1.807) is 11.7 Å². The Balaban J connectivity index is 3.04. The van der Waals surface area contributed by atoms with Crippen molar-refractivity contribution in [2.45, 2.75) is 19.9 Å². The molecule has 1 heterocycles. The number of hydrogen-bond donors (Lipinski definition) is 2. The third-order valence-electron chi connectivity index (χ3n) is 2.17. The second kappa shape index (κ2) is 4.56. The summed E-state index contributed by atoms with van der Waals surface area (Å²) in [6.45, 7) is 4.77. The summed E-state index contributed by atoms with van der Waals surface area (Å²) < 4.78 is 7.47. The number of aromatic amines is 1. The van der Waals surface area contributed by atoms with Crippen LogP contribution in [0.25, 0.3) is 0 Å². The minimum Gasteiger partial charge on any atom is -0.383 e. The van der Waals surface area contributed by atoms with E-state index in [1.165, 1.54) is 0 Å². The molecular formula is C8H16N4OS. The standard InChI is InChI=1S/C8H16N4OS/c1-5(2)6(4-13-3)12-7(9)10-11-8(12)14/h5-6H,4H2,1-3H3,(H2,9,10)(H,11,14). The highest BCUT2D eigenvalue weighted by molar-refractivity contribution is 7.71. The Hall–Kier alpha value is -0.880. The van der Waals surface area contributed by atoms with Crippen molar-refractivity contribution in [2.75, 3.05) is 19.5 Å². The molecule has 3 N–H and O–H groups in total. The van der Waals surface area contributed by atoms with Crippen LogP contribution in [0.2, 0.25) is 0 Å². The van der Waals surface area contributed by atoms with Crippen LogP contribution in [0.1, 0.15) is 19.9 Å². The molecule has 1 aromatic heterocycles. The molecule has 0 amide bonds. The van der Waals surface area contributed by atoms with Crippen molar-refractivity contribution in [2.24, 2.45) is 5.92 Å². The van der Waals surface area contributed by atoms with Crippen molar-refractivity contribution in [1.29, 1.82) is 0 Å². The summed E-state index contributed by atoms with van der Waals surface area (Å²) in [7, 11) is 1.66. The number of anilines is 1. The van der Waals surface area contributed by atoms with Gasteiger partial charge in [-0.05, 0) is 18.1 Å². The molecular weight excluding hydrogens is 200 g/mol.